The number of nitrogens with zero attached hydrogens (tertiary/aromatic N) is 2. The van der Waals surface area contributed by atoms with Crippen LogP contribution in [0.1, 0.15) is 21.5 Å². The summed E-state index contributed by atoms with van der Waals surface area (Å²) >= 11 is 6.08. The molecule has 0 fully saturated rings. The van der Waals surface area contributed by atoms with Crippen molar-refractivity contribution in [1.29, 1.82) is 0 Å². The Balaban J connectivity index is 2.33. The quantitative estimate of drug-likeness (QED) is 0.469. The van der Waals surface area contributed by atoms with E-state index in [0.717, 1.165) is 0 Å². The zero-order valence-electron chi connectivity index (χ0n) is 13.8. The van der Waals surface area contributed by atoms with E-state index in [1.54, 1.807) is 49.5 Å². The zero-order valence-corrected chi connectivity index (χ0v) is 14.5. The molecule has 0 N–H and O–H groups in total. The summed E-state index contributed by atoms with van der Waals surface area (Å²) in [5.41, 5.74) is 1.23. The van der Waals surface area contributed by atoms with Crippen molar-refractivity contribution >= 4 is 23.1 Å². The van der Waals surface area contributed by atoms with Gasteiger partial charge in [0, 0.05) is 30.9 Å². The maximum absolute atomic E-state index is 14.4. The van der Waals surface area contributed by atoms with E-state index in [1.165, 1.54) is 18.2 Å². The van der Waals surface area contributed by atoms with Crippen molar-refractivity contribution in [3.63, 3.8) is 0 Å². The van der Waals surface area contributed by atoms with Gasteiger partial charge in [-0.05, 0) is 30.3 Å². The number of rotatable bonds is 2. The van der Waals surface area contributed by atoms with Crippen LogP contribution in [-0.2, 0) is 0 Å². The highest BCUT2D eigenvalue weighted by molar-refractivity contribution is 6.32. The van der Waals surface area contributed by atoms with Crippen molar-refractivity contribution in [2.45, 2.75) is 0 Å². The van der Waals surface area contributed by atoms with Gasteiger partial charge in [-0.25, -0.2) is 4.39 Å². The molecule has 1 heterocycles. The van der Waals surface area contributed by atoms with E-state index < -0.39 is 5.82 Å². The standard InChI is InChI=1S/C19H16ClFN2O2/c1-22(2)10-12-11-23(25)18(15-5-3-4-6-17(15)21)16-9-13(20)7-8-14(16)19(12)24/h3-10H,11H2,1-2H3. The number of hydrogen-bond donors (Lipinski definition) is 0. The number of benzene rings is 2. The predicted molar refractivity (Wildman–Crippen MR) is 95.7 cm³/mol. The van der Waals surface area contributed by atoms with Crippen molar-refractivity contribution in [3.8, 4) is 0 Å². The van der Waals surface area contributed by atoms with Gasteiger partial charge in [0.25, 0.3) is 0 Å². The third-order valence-corrected chi connectivity index (χ3v) is 4.11. The van der Waals surface area contributed by atoms with Crippen LogP contribution in [0.25, 0.3) is 0 Å². The summed E-state index contributed by atoms with van der Waals surface area (Å²) in [6, 6.07) is 10.7. The molecule has 0 saturated carbocycles. The molecule has 25 heavy (non-hydrogen) atoms. The minimum atomic E-state index is -0.531. The summed E-state index contributed by atoms with van der Waals surface area (Å²) in [5, 5.41) is 13.2. The molecule has 0 unspecified atom stereocenters. The molecule has 6 heteroatoms. The number of Topliss-reactive ketones (excluding diaryl/α,β-unsaturated/α-hetero) is 1. The first-order valence-electron chi connectivity index (χ1n) is 7.66. The highest BCUT2D eigenvalue weighted by Gasteiger charge is 2.31. The molecule has 1 aliphatic rings. The second-order valence-electron chi connectivity index (χ2n) is 6.00. The monoisotopic (exact) mass is 358 g/mol. The molecular formula is C19H16ClFN2O2. The summed E-state index contributed by atoms with van der Waals surface area (Å²) in [7, 11) is 3.54. The van der Waals surface area contributed by atoms with Gasteiger partial charge in [-0.2, -0.15) is 4.74 Å². The SMILES string of the molecule is CN(C)C=C1C[N+]([O-])=C(c2ccccc2F)c2cc(Cl)ccc2C1=O. The van der Waals surface area contributed by atoms with Crippen LogP contribution >= 0.6 is 11.6 Å². The summed E-state index contributed by atoms with van der Waals surface area (Å²) < 4.78 is 15.0. The molecule has 4 nitrogen and oxygen atoms in total. The second-order valence-corrected chi connectivity index (χ2v) is 6.44. The highest BCUT2D eigenvalue weighted by Crippen LogP contribution is 2.26. The fraction of sp³-hybridized carbons (Fsp3) is 0.158. The molecule has 0 aromatic heterocycles. The minimum Gasteiger partial charge on any atom is -0.623 e. The third kappa shape index (κ3) is 3.28. The molecule has 2 aromatic carbocycles. The fourth-order valence-electron chi connectivity index (χ4n) is 2.87. The Kier molecular flexibility index (Phi) is 4.59. The highest BCUT2D eigenvalue weighted by atomic mass is 35.5. The Morgan fingerprint density at radius 3 is 2.56 bits per heavy atom. The molecule has 0 aliphatic carbocycles. The van der Waals surface area contributed by atoms with E-state index in [9.17, 15) is 14.4 Å². The van der Waals surface area contributed by atoms with Crippen molar-refractivity contribution in [2.24, 2.45) is 0 Å². The molecule has 2 aromatic rings. The lowest BCUT2D eigenvalue weighted by atomic mass is 9.94. The van der Waals surface area contributed by atoms with Gasteiger partial charge >= 0.3 is 0 Å². The van der Waals surface area contributed by atoms with E-state index in [4.69, 9.17) is 11.6 Å². The smallest absolute Gasteiger partial charge is 0.229 e. The van der Waals surface area contributed by atoms with E-state index in [-0.39, 0.29) is 23.6 Å². The first kappa shape index (κ1) is 17.2. The maximum Gasteiger partial charge on any atom is 0.229 e. The Bertz CT molecular complexity index is 919. The van der Waals surface area contributed by atoms with E-state index in [1.807, 2.05) is 0 Å². The van der Waals surface area contributed by atoms with Gasteiger partial charge in [0.15, 0.2) is 12.3 Å². The molecular weight excluding hydrogens is 343 g/mol. The van der Waals surface area contributed by atoms with Crippen LogP contribution in [0, 0.1) is 11.0 Å². The first-order valence-corrected chi connectivity index (χ1v) is 8.04. The lowest BCUT2D eigenvalue weighted by molar-refractivity contribution is -0.446. The number of halogens is 2. The number of fused-ring (bicyclic) bond motifs is 1. The summed E-state index contributed by atoms with van der Waals surface area (Å²) in [5.74, 6) is -0.802. The van der Waals surface area contributed by atoms with Crippen LogP contribution in [0.3, 0.4) is 0 Å². The molecule has 128 valence electrons. The van der Waals surface area contributed by atoms with Gasteiger partial charge < -0.3 is 10.1 Å². The molecule has 1 aliphatic heterocycles. The maximum atomic E-state index is 14.4. The molecule has 0 spiro atoms. The van der Waals surface area contributed by atoms with Gasteiger partial charge in [-0.3, -0.25) is 4.79 Å². The van der Waals surface area contributed by atoms with Crippen molar-refractivity contribution in [3.05, 3.63) is 87.0 Å². The summed E-state index contributed by atoms with van der Waals surface area (Å²) in [6.07, 6.45) is 1.61. The average molecular weight is 359 g/mol. The number of carbonyl (C=O) groups excluding carboxylic acids is 1. The predicted octanol–water partition coefficient (Wildman–Crippen LogP) is 3.47. The Labute approximate surface area is 150 Å². The zero-order chi connectivity index (χ0) is 18.1. The van der Waals surface area contributed by atoms with Crippen molar-refractivity contribution < 1.29 is 13.9 Å². The van der Waals surface area contributed by atoms with Gasteiger partial charge in [0.1, 0.15) is 5.82 Å². The molecule has 0 atom stereocenters. The number of hydrogen-bond acceptors (Lipinski definition) is 3. The lowest BCUT2D eigenvalue weighted by Crippen LogP contribution is -2.21. The Morgan fingerprint density at radius 2 is 1.88 bits per heavy atom. The van der Waals surface area contributed by atoms with Gasteiger partial charge in [-0.1, -0.05) is 23.7 Å². The Morgan fingerprint density at radius 1 is 1.16 bits per heavy atom. The van der Waals surface area contributed by atoms with Crippen molar-refractivity contribution in [1.82, 2.24) is 4.90 Å². The van der Waals surface area contributed by atoms with Crippen LogP contribution in [0.4, 0.5) is 4.39 Å². The topological polar surface area (TPSA) is 46.4 Å². The molecule has 0 bridgehead atoms. The second kappa shape index (κ2) is 6.69. The van der Waals surface area contributed by atoms with Gasteiger partial charge in [0.05, 0.1) is 16.7 Å². The normalized spacial score (nSPS) is 16.0. The molecule has 0 radical (unpaired) electrons. The lowest BCUT2D eigenvalue weighted by Gasteiger charge is -2.11. The van der Waals surface area contributed by atoms with Crippen LogP contribution in [0.15, 0.2) is 54.2 Å². The van der Waals surface area contributed by atoms with Crippen LogP contribution in [0.2, 0.25) is 5.02 Å². The largest absolute Gasteiger partial charge is 0.623 e. The van der Waals surface area contributed by atoms with E-state index in [0.29, 0.717) is 26.5 Å². The average Bonchev–Trinajstić information content (AvgIpc) is 2.64. The van der Waals surface area contributed by atoms with Gasteiger partial charge in [0.2, 0.25) is 5.71 Å². The molecule has 0 saturated heterocycles. The minimum absolute atomic E-state index is 0.103. The molecule has 0 amide bonds. The van der Waals surface area contributed by atoms with Crippen LogP contribution in [0.5, 0.6) is 0 Å². The number of carbonyl (C=O) groups is 1. The van der Waals surface area contributed by atoms with Crippen LogP contribution in [-0.4, -0.2) is 41.8 Å². The summed E-state index contributed by atoms with van der Waals surface area (Å²) in [6.45, 7) is -0.174. The van der Waals surface area contributed by atoms with Crippen molar-refractivity contribution in [2.75, 3.05) is 20.6 Å². The fourth-order valence-corrected chi connectivity index (χ4v) is 3.04. The first-order chi connectivity index (χ1) is 11.9. The van der Waals surface area contributed by atoms with E-state index >= 15 is 0 Å². The Hall–Kier alpha value is -2.66. The number of hydroxylamine groups is 1. The number of ketones is 1. The molecule has 3 rings (SSSR count). The third-order valence-electron chi connectivity index (χ3n) is 3.88. The van der Waals surface area contributed by atoms with E-state index in [2.05, 4.69) is 0 Å². The van der Waals surface area contributed by atoms with Gasteiger partial charge in [-0.15, -0.1) is 0 Å². The van der Waals surface area contributed by atoms with Crippen LogP contribution < -0.4 is 0 Å². The summed E-state index contributed by atoms with van der Waals surface area (Å²) in [4.78, 5) is 14.6.